The van der Waals surface area contributed by atoms with Gasteiger partial charge in [-0.1, -0.05) is 17.4 Å². The number of benzene rings is 1. The Labute approximate surface area is 214 Å². The Balaban J connectivity index is 1.25. The molecule has 2 aliphatic heterocycles. The predicted molar refractivity (Wildman–Crippen MR) is 134 cm³/mol. The number of halogens is 1. The molecule has 3 unspecified atom stereocenters. The second-order valence-electron chi connectivity index (χ2n) is 9.63. The minimum atomic E-state index is -0.508. The summed E-state index contributed by atoms with van der Waals surface area (Å²) in [4.78, 5) is 26.7. The molecule has 1 aromatic carbocycles. The van der Waals surface area contributed by atoms with Crippen molar-refractivity contribution in [2.75, 3.05) is 32.8 Å². The van der Waals surface area contributed by atoms with Crippen molar-refractivity contribution in [2.24, 2.45) is 21.2 Å². The fourth-order valence-corrected chi connectivity index (χ4v) is 5.66. The minimum absolute atomic E-state index is 0.0703. The van der Waals surface area contributed by atoms with Crippen LogP contribution in [0.1, 0.15) is 52.8 Å². The summed E-state index contributed by atoms with van der Waals surface area (Å²) >= 11 is 0. The van der Waals surface area contributed by atoms with E-state index in [0.717, 1.165) is 42.6 Å². The number of carbonyl (C=O) groups excluding carboxylic acids is 1. The number of rotatable bonds is 4. The van der Waals surface area contributed by atoms with Crippen LogP contribution in [0, 0.1) is 24.1 Å². The third-order valence-corrected chi connectivity index (χ3v) is 7.60. The molecule has 5 rings (SSSR count). The van der Waals surface area contributed by atoms with Gasteiger partial charge in [0.25, 0.3) is 0 Å². The number of nitrogens with two attached hydrogens (primary N) is 1. The molecule has 2 saturated heterocycles. The van der Waals surface area contributed by atoms with Crippen LogP contribution in [0.4, 0.5) is 10.2 Å². The third-order valence-electron chi connectivity index (χ3n) is 7.60. The van der Waals surface area contributed by atoms with Gasteiger partial charge in [-0.2, -0.15) is 5.26 Å². The molecule has 0 saturated carbocycles. The number of carbonyl (C=O) groups is 1. The third kappa shape index (κ3) is 4.95. The van der Waals surface area contributed by atoms with E-state index in [1.54, 1.807) is 19.1 Å². The lowest BCUT2D eigenvalue weighted by Gasteiger charge is -2.47. The summed E-state index contributed by atoms with van der Waals surface area (Å²) in [6.07, 6.45) is 3.51. The van der Waals surface area contributed by atoms with Crippen LogP contribution in [0.3, 0.4) is 0 Å². The summed E-state index contributed by atoms with van der Waals surface area (Å²) in [5, 5.41) is 16.0. The molecule has 2 N–H and O–H groups in total. The number of hydrogen-bond donors (Lipinski definition) is 1. The first-order valence-electron chi connectivity index (χ1n) is 12.5. The SMILES string of the molecule is Cc1c(C2CN3CCN(C(=O)C4CCCc5nc(N=CN=NN)ccc54)CC3CO2)ccc(F)c1C#N. The number of aliphatic imine (C=N–C) groups is 1. The fraction of sp³-hybridized carbons (Fsp3) is 0.462. The number of pyridine rings is 1. The van der Waals surface area contributed by atoms with E-state index in [9.17, 15) is 14.4 Å². The molecule has 1 aromatic heterocycles. The van der Waals surface area contributed by atoms with Crippen LogP contribution in [0.25, 0.3) is 0 Å². The number of nitriles is 1. The van der Waals surface area contributed by atoms with Gasteiger partial charge in [-0.15, -0.1) is 5.11 Å². The highest BCUT2D eigenvalue weighted by Gasteiger charge is 2.39. The van der Waals surface area contributed by atoms with Gasteiger partial charge in [-0.25, -0.2) is 14.4 Å². The highest BCUT2D eigenvalue weighted by Crippen LogP contribution is 2.35. The van der Waals surface area contributed by atoms with Gasteiger partial charge in [-0.05, 0) is 55.0 Å². The predicted octanol–water partition coefficient (Wildman–Crippen LogP) is 3.09. The second-order valence-corrected chi connectivity index (χ2v) is 9.63. The number of piperazine rings is 1. The monoisotopic (exact) mass is 504 g/mol. The van der Waals surface area contributed by atoms with E-state index in [-0.39, 0.29) is 29.5 Å². The van der Waals surface area contributed by atoms with E-state index in [1.165, 1.54) is 12.4 Å². The van der Waals surface area contributed by atoms with Crippen LogP contribution in [-0.2, 0) is 16.0 Å². The van der Waals surface area contributed by atoms with E-state index >= 15 is 0 Å². The molecule has 11 heteroatoms. The number of fused-ring (bicyclic) bond motifs is 2. The number of amides is 1. The van der Waals surface area contributed by atoms with Crippen molar-refractivity contribution >= 4 is 18.1 Å². The van der Waals surface area contributed by atoms with Gasteiger partial charge in [-0.3, -0.25) is 9.69 Å². The zero-order valence-electron chi connectivity index (χ0n) is 20.7. The average molecular weight is 505 g/mol. The Bertz CT molecular complexity index is 1290. The van der Waals surface area contributed by atoms with E-state index in [0.29, 0.717) is 37.6 Å². The Morgan fingerprint density at radius 1 is 1.27 bits per heavy atom. The maximum absolute atomic E-state index is 14.0. The highest BCUT2D eigenvalue weighted by atomic mass is 19.1. The van der Waals surface area contributed by atoms with Gasteiger partial charge < -0.3 is 15.5 Å². The van der Waals surface area contributed by atoms with Crippen LogP contribution in [0.2, 0.25) is 0 Å². The van der Waals surface area contributed by atoms with Crippen molar-refractivity contribution in [3.63, 3.8) is 0 Å². The first-order chi connectivity index (χ1) is 18.0. The van der Waals surface area contributed by atoms with E-state index in [1.807, 2.05) is 17.0 Å². The molecule has 37 heavy (non-hydrogen) atoms. The quantitative estimate of drug-likeness (QED) is 0.224. The number of nitrogens with zero attached hydrogens (tertiary/aromatic N) is 7. The smallest absolute Gasteiger partial charge is 0.230 e. The number of hydrogen-bond acceptors (Lipinski definition) is 7. The molecule has 3 atom stereocenters. The van der Waals surface area contributed by atoms with Gasteiger partial charge in [0.2, 0.25) is 5.91 Å². The first-order valence-corrected chi connectivity index (χ1v) is 12.5. The summed E-state index contributed by atoms with van der Waals surface area (Å²) < 4.78 is 20.2. The summed E-state index contributed by atoms with van der Waals surface area (Å²) in [5.74, 6) is 4.91. The minimum Gasteiger partial charge on any atom is -0.370 e. The van der Waals surface area contributed by atoms with E-state index in [4.69, 9.17) is 10.6 Å². The maximum atomic E-state index is 14.0. The molecule has 0 bridgehead atoms. The van der Waals surface area contributed by atoms with Gasteiger partial charge >= 0.3 is 0 Å². The van der Waals surface area contributed by atoms with Gasteiger partial charge in [0.15, 0.2) is 5.82 Å². The first kappa shape index (κ1) is 24.9. The summed E-state index contributed by atoms with van der Waals surface area (Å²) in [6, 6.07) is 8.84. The molecule has 1 aliphatic carbocycles. The summed E-state index contributed by atoms with van der Waals surface area (Å²) in [6.45, 7) is 4.86. The highest BCUT2D eigenvalue weighted by molar-refractivity contribution is 5.84. The largest absolute Gasteiger partial charge is 0.370 e. The van der Waals surface area contributed by atoms with Crippen LogP contribution in [0.5, 0.6) is 0 Å². The molecule has 2 aromatic rings. The Kier molecular flexibility index (Phi) is 7.21. The van der Waals surface area contributed by atoms with E-state index in [2.05, 4.69) is 25.2 Å². The van der Waals surface area contributed by atoms with Gasteiger partial charge in [0.1, 0.15) is 18.2 Å². The molecule has 10 nitrogen and oxygen atoms in total. The standard InChI is InChI=1S/C26H29FN8O2/c1-16-18(5-7-22(27)21(16)11-28)24-13-34-9-10-35(12-17(34)14-37-24)26(36)20-3-2-4-23-19(20)6-8-25(32-23)30-15-31-33-29/h5-8,15,17,20,24H,2-4,9-10,12-14H2,1H3,(H2,29,30,31,32). The van der Waals surface area contributed by atoms with Crippen LogP contribution < -0.4 is 5.84 Å². The summed E-state index contributed by atoms with van der Waals surface area (Å²) in [7, 11) is 0. The van der Waals surface area contributed by atoms with Crippen molar-refractivity contribution in [3.8, 4) is 6.07 Å². The zero-order valence-corrected chi connectivity index (χ0v) is 20.7. The van der Waals surface area contributed by atoms with Crippen LogP contribution in [0.15, 0.2) is 39.6 Å². The lowest BCUT2D eigenvalue weighted by molar-refractivity contribution is -0.142. The van der Waals surface area contributed by atoms with Crippen molar-refractivity contribution in [2.45, 2.75) is 44.2 Å². The maximum Gasteiger partial charge on any atom is 0.230 e. The van der Waals surface area contributed by atoms with Crippen molar-refractivity contribution in [3.05, 3.63) is 58.0 Å². The number of aryl methyl sites for hydroxylation is 1. The molecule has 1 amide bonds. The van der Waals surface area contributed by atoms with Crippen LogP contribution in [-0.4, -0.2) is 65.9 Å². The van der Waals surface area contributed by atoms with Crippen molar-refractivity contribution < 1.29 is 13.9 Å². The zero-order chi connectivity index (χ0) is 25.9. The van der Waals surface area contributed by atoms with Crippen molar-refractivity contribution in [1.82, 2.24) is 14.8 Å². The lowest BCUT2D eigenvalue weighted by atomic mass is 9.84. The van der Waals surface area contributed by atoms with Gasteiger partial charge in [0.05, 0.1) is 30.2 Å². The number of aromatic nitrogens is 1. The molecule has 0 spiro atoms. The molecule has 2 fully saturated rings. The lowest BCUT2D eigenvalue weighted by Crippen LogP contribution is -2.60. The van der Waals surface area contributed by atoms with Crippen LogP contribution >= 0.6 is 0 Å². The molecular formula is C26H29FN8O2. The Morgan fingerprint density at radius 3 is 2.92 bits per heavy atom. The second kappa shape index (κ2) is 10.7. The molecule has 0 radical (unpaired) electrons. The molecular weight excluding hydrogens is 475 g/mol. The van der Waals surface area contributed by atoms with Crippen molar-refractivity contribution in [1.29, 1.82) is 5.26 Å². The molecule has 192 valence electrons. The average Bonchev–Trinajstić information content (AvgIpc) is 2.92. The Hall–Kier alpha value is -3.75. The topological polar surface area (TPSA) is 133 Å². The normalized spacial score (nSPS) is 24.1. The number of morpholine rings is 1. The molecule has 3 aliphatic rings. The van der Waals surface area contributed by atoms with E-state index < -0.39 is 5.82 Å². The Morgan fingerprint density at radius 2 is 2.11 bits per heavy atom. The fourth-order valence-electron chi connectivity index (χ4n) is 5.66. The summed E-state index contributed by atoms with van der Waals surface area (Å²) in [5.41, 5.74) is 3.41. The number of ether oxygens (including phenoxy) is 1. The van der Waals surface area contributed by atoms with Gasteiger partial charge in [0, 0.05) is 31.9 Å². The molecule has 3 heterocycles.